The van der Waals surface area contributed by atoms with Crippen LogP contribution in [0, 0.1) is 6.92 Å². The maximum absolute atomic E-state index is 12.3. The number of sulfonamides is 1. The monoisotopic (exact) mass is 292 g/mol. The predicted molar refractivity (Wildman–Crippen MR) is 79.4 cm³/mol. The standard InChI is InChI=1S/C14H16N2O3S/c1-10-9-11(7-8-12(10)15)20(17,18)16-13-5-3-4-6-14(13)19-2/h3-9,16H,15H2,1-2H3. The third kappa shape index (κ3) is 2.85. The maximum Gasteiger partial charge on any atom is 0.262 e. The highest BCUT2D eigenvalue weighted by Gasteiger charge is 2.16. The zero-order chi connectivity index (χ0) is 14.8. The highest BCUT2D eigenvalue weighted by molar-refractivity contribution is 7.92. The zero-order valence-corrected chi connectivity index (χ0v) is 12.1. The van der Waals surface area contributed by atoms with E-state index in [9.17, 15) is 8.42 Å². The molecule has 6 heteroatoms. The average Bonchev–Trinajstić information content (AvgIpc) is 2.42. The van der Waals surface area contributed by atoms with Crippen LogP contribution in [-0.2, 0) is 10.0 Å². The summed E-state index contributed by atoms with van der Waals surface area (Å²) in [6, 6.07) is 11.4. The van der Waals surface area contributed by atoms with Gasteiger partial charge in [0.05, 0.1) is 17.7 Å². The Morgan fingerprint density at radius 1 is 1.15 bits per heavy atom. The molecule has 106 valence electrons. The van der Waals surface area contributed by atoms with E-state index in [1.807, 2.05) is 0 Å². The number of rotatable bonds is 4. The summed E-state index contributed by atoms with van der Waals surface area (Å²) in [7, 11) is -2.18. The van der Waals surface area contributed by atoms with E-state index in [1.54, 1.807) is 37.3 Å². The normalized spacial score (nSPS) is 11.1. The number of aryl methyl sites for hydroxylation is 1. The van der Waals surface area contributed by atoms with Crippen molar-refractivity contribution >= 4 is 21.4 Å². The molecule has 5 nitrogen and oxygen atoms in total. The molecule has 0 spiro atoms. The van der Waals surface area contributed by atoms with E-state index in [1.165, 1.54) is 19.2 Å². The molecule has 0 radical (unpaired) electrons. The van der Waals surface area contributed by atoms with Crippen LogP contribution in [0.3, 0.4) is 0 Å². The third-order valence-corrected chi connectivity index (χ3v) is 4.27. The molecule has 0 aliphatic rings. The molecule has 0 unspecified atom stereocenters. The van der Waals surface area contributed by atoms with Crippen LogP contribution in [0.5, 0.6) is 5.75 Å². The van der Waals surface area contributed by atoms with E-state index in [4.69, 9.17) is 10.5 Å². The van der Waals surface area contributed by atoms with E-state index < -0.39 is 10.0 Å². The second kappa shape index (κ2) is 5.42. The van der Waals surface area contributed by atoms with E-state index >= 15 is 0 Å². The summed E-state index contributed by atoms with van der Waals surface area (Å²) in [5, 5.41) is 0. The Bertz CT molecular complexity index is 727. The van der Waals surface area contributed by atoms with Crippen LogP contribution in [0.25, 0.3) is 0 Å². The number of hydrogen-bond donors (Lipinski definition) is 2. The molecule has 0 bridgehead atoms. The summed E-state index contributed by atoms with van der Waals surface area (Å²) in [5.41, 5.74) is 7.36. The van der Waals surface area contributed by atoms with Crippen molar-refractivity contribution < 1.29 is 13.2 Å². The second-order valence-corrected chi connectivity index (χ2v) is 6.01. The lowest BCUT2D eigenvalue weighted by Gasteiger charge is -2.12. The number of nitrogens with one attached hydrogen (secondary N) is 1. The first kappa shape index (κ1) is 14.2. The van der Waals surface area contributed by atoms with Gasteiger partial charge in [0.1, 0.15) is 5.75 Å². The third-order valence-electron chi connectivity index (χ3n) is 2.90. The fourth-order valence-corrected chi connectivity index (χ4v) is 2.90. The molecule has 2 aromatic carbocycles. The minimum Gasteiger partial charge on any atom is -0.495 e. The molecule has 0 aliphatic heterocycles. The van der Waals surface area contributed by atoms with Crippen molar-refractivity contribution in [3.63, 3.8) is 0 Å². The molecule has 0 saturated carbocycles. The number of para-hydroxylation sites is 2. The van der Waals surface area contributed by atoms with Gasteiger partial charge in [-0.1, -0.05) is 12.1 Å². The summed E-state index contributed by atoms with van der Waals surface area (Å²) in [5.74, 6) is 0.461. The van der Waals surface area contributed by atoms with E-state index in [0.717, 1.165) is 0 Å². The van der Waals surface area contributed by atoms with Crippen molar-refractivity contribution in [2.75, 3.05) is 17.6 Å². The molecule has 0 atom stereocenters. The Balaban J connectivity index is 2.38. The molecule has 3 N–H and O–H groups in total. The second-order valence-electron chi connectivity index (χ2n) is 4.32. The Morgan fingerprint density at radius 2 is 1.85 bits per heavy atom. The van der Waals surface area contributed by atoms with E-state index in [-0.39, 0.29) is 4.90 Å². The highest BCUT2D eigenvalue weighted by Crippen LogP contribution is 2.26. The number of nitrogens with two attached hydrogens (primary N) is 1. The van der Waals surface area contributed by atoms with Crippen molar-refractivity contribution in [2.24, 2.45) is 0 Å². The van der Waals surface area contributed by atoms with Crippen LogP contribution in [0.15, 0.2) is 47.4 Å². The summed E-state index contributed by atoms with van der Waals surface area (Å²) < 4.78 is 32.3. The van der Waals surface area contributed by atoms with Gasteiger partial charge in [0.25, 0.3) is 10.0 Å². The lowest BCUT2D eigenvalue weighted by Crippen LogP contribution is -2.14. The summed E-state index contributed by atoms with van der Waals surface area (Å²) in [6.45, 7) is 1.76. The SMILES string of the molecule is COc1ccccc1NS(=O)(=O)c1ccc(N)c(C)c1. The van der Waals surface area contributed by atoms with Crippen molar-refractivity contribution in [3.8, 4) is 5.75 Å². The molecule has 2 rings (SSSR count). The van der Waals surface area contributed by atoms with E-state index in [2.05, 4.69) is 4.72 Å². The van der Waals surface area contributed by atoms with Gasteiger partial charge in [0.2, 0.25) is 0 Å². The van der Waals surface area contributed by atoms with Gasteiger partial charge in [0.15, 0.2) is 0 Å². The zero-order valence-electron chi connectivity index (χ0n) is 11.3. The fraction of sp³-hybridized carbons (Fsp3) is 0.143. The number of methoxy groups -OCH3 is 1. The van der Waals surface area contributed by atoms with Crippen molar-refractivity contribution in [2.45, 2.75) is 11.8 Å². The van der Waals surface area contributed by atoms with Gasteiger partial charge in [-0.3, -0.25) is 4.72 Å². The number of anilines is 2. The van der Waals surface area contributed by atoms with Gasteiger partial charge in [-0.25, -0.2) is 8.42 Å². The average molecular weight is 292 g/mol. The number of benzene rings is 2. The Kier molecular flexibility index (Phi) is 3.85. The molecular weight excluding hydrogens is 276 g/mol. The van der Waals surface area contributed by atoms with E-state index in [0.29, 0.717) is 22.7 Å². The summed E-state index contributed by atoms with van der Waals surface area (Å²) in [6.07, 6.45) is 0. The first-order chi connectivity index (χ1) is 9.44. The van der Waals surface area contributed by atoms with Gasteiger partial charge in [-0.2, -0.15) is 0 Å². The molecule has 0 amide bonds. The topological polar surface area (TPSA) is 81.4 Å². The minimum atomic E-state index is -3.67. The number of ether oxygens (including phenoxy) is 1. The van der Waals surface area contributed by atoms with Crippen molar-refractivity contribution in [1.82, 2.24) is 0 Å². The first-order valence-electron chi connectivity index (χ1n) is 5.96. The summed E-state index contributed by atoms with van der Waals surface area (Å²) in [4.78, 5) is 0.162. The minimum absolute atomic E-state index is 0.162. The van der Waals surface area contributed by atoms with Crippen LogP contribution >= 0.6 is 0 Å². The predicted octanol–water partition coefficient (Wildman–Crippen LogP) is 2.39. The lowest BCUT2D eigenvalue weighted by atomic mass is 10.2. The Labute approximate surface area is 118 Å². The van der Waals surface area contributed by atoms with Gasteiger partial charge in [-0.05, 0) is 42.8 Å². The number of nitrogen functional groups attached to an aromatic ring is 1. The molecule has 0 fully saturated rings. The maximum atomic E-state index is 12.3. The molecule has 2 aromatic rings. The first-order valence-corrected chi connectivity index (χ1v) is 7.44. The molecular formula is C14H16N2O3S. The summed E-state index contributed by atoms with van der Waals surface area (Å²) >= 11 is 0. The number of hydrogen-bond acceptors (Lipinski definition) is 4. The highest BCUT2D eigenvalue weighted by atomic mass is 32.2. The molecule has 0 aromatic heterocycles. The quantitative estimate of drug-likeness (QED) is 0.848. The van der Waals surface area contributed by atoms with Crippen LogP contribution in [0.4, 0.5) is 11.4 Å². The fourth-order valence-electron chi connectivity index (χ4n) is 1.75. The van der Waals surface area contributed by atoms with Gasteiger partial charge in [-0.15, -0.1) is 0 Å². The molecule has 0 heterocycles. The van der Waals surface area contributed by atoms with Gasteiger partial charge in [0, 0.05) is 5.69 Å². The van der Waals surface area contributed by atoms with Crippen LogP contribution in [0.1, 0.15) is 5.56 Å². The molecule has 20 heavy (non-hydrogen) atoms. The van der Waals surface area contributed by atoms with Gasteiger partial charge < -0.3 is 10.5 Å². The lowest BCUT2D eigenvalue weighted by molar-refractivity contribution is 0.417. The largest absolute Gasteiger partial charge is 0.495 e. The van der Waals surface area contributed by atoms with Gasteiger partial charge >= 0.3 is 0 Å². The van der Waals surface area contributed by atoms with Crippen molar-refractivity contribution in [3.05, 3.63) is 48.0 Å². The van der Waals surface area contributed by atoms with Crippen LogP contribution < -0.4 is 15.2 Å². The Hall–Kier alpha value is -2.21. The Morgan fingerprint density at radius 3 is 2.50 bits per heavy atom. The molecule has 0 saturated heterocycles. The van der Waals surface area contributed by atoms with Crippen LogP contribution in [0.2, 0.25) is 0 Å². The molecule has 0 aliphatic carbocycles. The smallest absolute Gasteiger partial charge is 0.262 e. The van der Waals surface area contributed by atoms with Crippen LogP contribution in [-0.4, -0.2) is 15.5 Å². The van der Waals surface area contributed by atoms with Crippen molar-refractivity contribution in [1.29, 1.82) is 0 Å².